The van der Waals surface area contributed by atoms with E-state index in [9.17, 15) is 27.6 Å². The Morgan fingerprint density at radius 2 is 1.64 bits per heavy atom. The van der Waals surface area contributed by atoms with E-state index in [1.165, 1.54) is 18.3 Å². The molecule has 393 valence electrons. The van der Waals surface area contributed by atoms with Gasteiger partial charge < -0.3 is 35.4 Å². The summed E-state index contributed by atoms with van der Waals surface area (Å²) in [5, 5.41) is 17.2. The predicted molar refractivity (Wildman–Crippen MR) is 280 cm³/mol. The molecule has 21 heteroatoms. The molecule has 3 atom stereocenters. The SMILES string of the molecule is C[CH]C(=O)N[C@H](C(=O)N1CCC[C@H]1C(=O)N[C@@H]1CCCc2ccccc21)C1CCN(C(=O)c2cnc(N3CCN(CCOc4cc5ncnc(Nc6n[nH]c(C)c6C)c5cc4S(=O)(=O)C(C)(C)C)CC3)nc2)CC1. The zero-order valence-electron chi connectivity index (χ0n) is 43.2. The number of rotatable bonds is 15. The van der Waals surface area contributed by atoms with Crippen molar-refractivity contribution < 1.29 is 32.3 Å². The molecule has 20 nitrogen and oxygen atoms in total. The van der Waals surface area contributed by atoms with Gasteiger partial charge in [-0.05, 0) is 103 Å². The predicted octanol–water partition coefficient (Wildman–Crippen LogP) is 5.02. The molecule has 3 aromatic heterocycles. The lowest BCUT2D eigenvalue weighted by Gasteiger charge is -2.38. The molecular formula is C53H68N13O7S. The maximum Gasteiger partial charge on any atom is 0.256 e. The quantitative estimate of drug-likeness (QED) is 0.108. The number of aromatic nitrogens is 6. The summed E-state index contributed by atoms with van der Waals surface area (Å²) < 4.78 is 33.2. The molecule has 3 aliphatic heterocycles. The molecule has 9 rings (SSSR count). The van der Waals surface area contributed by atoms with Gasteiger partial charge in [0.15, 0.2) is 15.7 Å². The van der Waals surface area contributed by atoms with Gasteiger partial charge in [0, 0.05) is 93.9 Å². The Balaban J connectivity index is 0.771. The highest BCUT2D eigenvalue weighted by atomic mass is 32.2. The van der Waals surface area contributed by atoms with Gasteiger partial charge in [0.25, 0.3) is 5.91 Å². The number of hydrogen-bond acceptors (Lipinski definition) is 15. The van der Waals surface area contributed by atoms with Crippen LogP contribution in [-0.4, -0.2) is 153 Å². The highest BCUT2D eigenvalue weighted by molar-refractivity contribution is 7.92. The fraction of sp³-hybridized carbons (Fsp3) is 0.509. The van der Waals surface area contributed by atoms with E-state index >= 15 is 0 Å². The number of aryl methyl sites for hydroxylation is 2. The Kier molecular flexibility index (Phi) is 15.5. The van der Waals surface area contributed by atoms with Crippen molar-refractivity contribution in [3.63, 3.8) is 0 Å². The number of H-pyrrole nitrogens is 1. The van der Waals surface area contributed by atoms with Crippen molar-refractivity contribution in [2.24, 2.45) is 5.92 Å². The summed E-state index contributed by atoms with van der Waals surface area (Å²) in [5.74, 6) is 0.538. The highest BCUT2D eigenvalue weighted by Gasteiger charge is 2.42. The number of anilines is 3. The number of piperazine rings is 1. The molecular weight excluding hydrogens is 963 g/mol. The Bertz CT molecular complexity index is 2980. The van der Waals surface area contributed by atoms with E-state index in [1.807, 2.05) is 26.0 Å². The molecule has 0 spiro atoms. The van der Waals surface area contributed by atoms with E-state index < -0.39 is 26.7 Å². The van der Waals surface area contributed by atoms with Gasteiger partial charge in [0.2, 0.25) is 23.7 Å². The smallest absolute Gasteiger partial charge is 0.256 e. The molecule has 6 heterocycles. The zero-order valence-corrected chi connectivity index (χ0v) is 44.0. The molecule has 5 aromatic rings. The second kappa shape index (κ2) is 22.0. The lowest BCUT2D eigenvalue weighted by molar-refractivity contribution is -0.143. The van der Waals surface area contributed by atoms with E-state index in [2.05, 4.69) is 68.0 Å². The number of hydrogen-bond donors (Lipinski definition) is 4. The second-order valence-electron chi connectivity index (χ2n) is 20.8. The first-order valence-electron chi connectivity index (χ1n) is 25.8. The minimum absolute atomic E-state index is 0.0614. The molecule has 4 amide bonds. The second-order valence-corrected chi connectivity index (χ2v) is 23.5. The Morgan fingerprint density at radius 3 is 2.34 bits per heavy atom. The molecule has 1 aliphatic carbocycles. The third-order valence-electron chi connectivity index (χ3n) is 15.1. The molecule has 0 unspecified atom stereocenters. The van der Waals surface area contributed by atoms with Crippen molar-refractivity contribution in [3.8, 4) is 5.75 Å². The lowest BCUT2D eigenvalue weighted by Crippen LogP contribution is -2.57. The topological polar surface area (TPSA) is 241 Å². The van der Waals surface area contributed by atoms with Crippen LogP contribution in [-0.2, 0) is 30.6 Å². The zero-order chi connectivity index (χ0) is 52.3. The van der Waals surface area contributed by atoms with Crippen LogP contribution in [0.1, 0.15) is 105 Å². The molecule has 0 saturated carbocycles. The first-order valence-corrected chi connectivity index (χ1v) is 27.3. The normalized spacial score (nSPS) is 19.2. The minimum Gasteiger partial charge on any atom is -0.491 e. The number of benzene rings is 2. The molecule has 3 fully saturated rings. The highest BCUT2D eigenvalue weighted by Crippen LogP contribution is 2.38. The Morgan fingerprint density at radius 1 is 0.892 bits per heavy atom. The maximum atomic E-state index is 14.4. The molecule has 74 heavy (non-hydrogen) atoms. The van der Waals surface area contributed by atoms with E-state index in [4.69, 9.17) is 4.74 Å². The molecule has 4 N–H and O–H groups in total. The summed E-state index contributed by atoms with van der Waals surface area (Å²) in [7, 11) is -3.85. The van der Waals surface area contributed by atoms with Crippen molar-refractivity contribution in [2.45, 2.75) is 114 Å². The van der Waals surface area contributed by atoms with Crippen molar-refractivity contribution in [1.82, 2.24) is 55.5 Å². The number of carbonyl (C=O) groups is 4. The molecule has 2 aromatic carbocycles. The van der Waals surface area contributed by atoms with Crippen LogP contribution >= 0.6 is 0 Å². The number of nitrogens with zero attached hydrogens (tertiary/aromatic N) is 9. The van der Waals surface area contributed by atoms with Crippen LogP contribution < -0.4 is 25.6 Å². The van der Waals surface area contributed by atoms with Crippen LogP contribution in [0.3, 0.4) is 0 Å². The number of piperidine rings is 1. The average Bonchev–Trinajstić information content (AvgIpc) is 4.03. The number of ether oxygens (including phenoxy) is 1. The van der Waals surface area contributed by atoms with Crippen LogP contribution in [0.4, 0.5) is 17.6 Å². The van der Waals surface area contributed by atoms with Gasteiger partial charge in [0.05, 0.1) is 21.9 Å². The molecule has 4 aliphatic rings. The van der Waals surface area contributed by atoms with Gasteiger partial charge in [-0.2, -0.15) is 5.10 Å². The standard InChI is InChI=1S/C53H68N13O7S/c1-7-45(67)59-46(51(70)66-19-11-16-42(66)49(68)58-40-15-10-13-35-12-8-9-14-38(35)40)36-17-20-64(21-18-36)50(69)37-30-54-52(55-31-37)65-24-22-63(23-25-65)26-27-73-43-29-41-39(28-44(43)74(71,72)53(4,5)6)48(57-32-56-41)60-47-33(2)34(3)61-62-47/h7-9,12,14,28-32,36,40,42,46H,10-11,13,15-27H2,1-6H3,(H,58,68)(H,59,67)(H2,56,57,60,61,62)/t40-,42+,46+/m1/s1. The van der Waals surface area contributed by atoms with E-state index in [-0.39, 0.29) is 52.8 Å². The minimum atomic E-state index is -3.85. The summed E-state index contributed by atoms with van der Waals surface area (Å²) in [6, 6.07) is 9.89. The number of carbonyl (C=O) groups excluding carboxylic acids is 4. The van der Waals surface area contributed by atoms with Gasteiger partial charge in [-0.25, -0.2) is 28.4 Å². The van der Waals surface area contributed by atoms with Crippen LogP contribution in [0.25, 0.3) is 10.9 Å². The number of sulfone groups is 1. The van der Waals surface area contributed by atoms with Crippen LogP contribution in [0.2, 0.25) is 0 Å². The van der Waals surface area contributed by atoms with Gasteiger partial charge >= 0.3 is 0 Å². The summed E-state index contributed by atoms with van der Waals surface area (Å²) in [4.78, 5) is 80.6. The fourth-order valence-corrected chi connectivity index (χ4v) is 11.8. The van der Waals surface area contributed by atoms with E-state index in [0.29, 0.717) is 112 Å². The Hall–Kier alpha value is -6.74. The monoisotopic (exact) mass is 1030 g/mol. The van der Waals surface area contributed by atoms with Crippen molar-refractivity contribution >= 4 is 62.0 Å². The lowest BCUT2D eigenvalue weighted by atomic mass is 9.87. The van der Waals surface area contributed by atoms with Crippen molar-refractivity contribution in [1.29, 1.82) is 0 Å². The largest absolute Gasteiger partial charge is 0.491 e. The maximum absolute atomic E-state index is 14.4. The first kappa shape index (κ1) is 52.1. The van der Waals surface area contributed by atoms with Crippen LogP contribution in [0.15, 0.2) is 60.0 Å². The molecule has 1 radical (unpaired) electrons. The molecule has 3 saturated heterocycles. The van der Waals surface area contributed by atoms with E-state index in [0.717, 1.165) is 36.1 Å². The van der Waals surface area contributed by atoms with Gasteiger partial charge in [-0.15, -0.1) is 0 Å². The number of nitrogens with one attached hydrogen (secondary N) is 4. The van der Waals surface area contributed by atoms with Crippen LogP contribution in [0, 0.1) is 26.2 Å². The first-order chi connectivity index (χ1) is 35.5. The van der Waals surface area contributed by atoms with Crippen molar-refractivity contribution in [3.05, 3.63) is 89.5 Å². The number of likely N-dealkylation sites (tertiary alicyclic amines) is 2. The fourth-order valence-electron chi connectivity index (χ4n) is 10.5. The van der Waals surface area contributed by atoms with Gasteiger partial charge in [-0.1, -0.05) is 31.2 Å². The summed E-state index contributed by atoms with van der Waals surface area (Å²) in [6.45, 7) is 15.1. The third kappa shape index (κ3) is 11.0. The summed E-state index contributed by atoms with van der Waals surface area (Å²) in [6.07, 6.45) is 11.0. The number of amides is 4. The average molecular weight is 1030 g/mol. The summed E-state index contributed by atoms with van der Waals surface area (Å²) in [5.41, 5.74) is 5.08. The number of fused-ring (bicyclic) bond motifs is 2. The third-order valence-corrected chi connectivity index (χ3v) is 17.7. The Labute approximate surface area is 432 Å². The summed E-state index contributed by atoms with van der Waals surface area (Å²) >= 11 is 0. The van der Waals surface area contributed by atoms with Gasteiger partial charge in [-0.3, -0.25) is 29.2 Å². The van der Waals surface area contributed by atoms with Gasteiger partial charge in [0.1, 0.15) is 41.5 Å². The van der Waals surface area contributed by atoms with Crippen LogP contribution in [0.5, 0.6) is 5.75 Å². The molecule has 0 bridgehead atoms. The van der Waals surface area contributed by atoms with E-state index in [1.54, 1.807) is 62.0 Å². The van der Waals surface area contributed by atoms with Crippen molar-refractivity contribution in [2.75, 3.05) is 69.2 Å². The number of aromatic amines is 1.